The van der Waals surface area contributed by atoms with E-state index in [0.717, 1.165) is 0 Å². The zero-order chi connectivity index (χ0) is 8.20. The van der Waals surface area contributed by atoms with Crippen LogP contribution in [-0.2, 0) is 4.79 Å². The molecule has 0 spiro atoms. The van der Waals surface area contributed by atoms with Gasteiger partial charge in [0, 0.05) is 6.42 Å². The van der Waals surface area contributed by atoms with Crippen molar-refractivity contribution in [3.8, 4) is 0 Å². The van der Waals surface area contributed by atoms with Crippen LogP contribution in [0.3, 0.4) is 0 Å². The van der Waals surface area contributed by atoms with E-state index in [9.17, 15) is 4.79 Å². The van der Waals surface area contributed by atoms with Gasteiger partial charge in [-0.3, -0.25) is 4.79 Å². The maximum Gasteiger partial charge on any atom is 0.334 e. The van der Waals surface area contributed by atoms with Gasteiger partial charge in [-0.15, -0.1) is 4.67 Å². The second kappa shape index (κ2) is 3.33. The monoisotopic (exact) mass is 140 g/mol. The second-order valence-electron chi connectivity index (χ2n) is 3.52. The number of hydrogen-bond acceptors (Lipinski definition) is 1. The zero-order valence-corrected chi connectivity index (χ0v) is 6.85. The van der Waals surface area contributed by atoms with Crippen LogP contribution in [0.15, 0.2) is 0 Å². The Morgan fingerprint density at radius 2 is 2.10 bits per heavy atom. The zero-order valence-electron chi connectivity index (χ0n) is 6.85. The number of ketones is 1. The molecule has 0 saturated carbocycles. The Kier molecular flexibility index (Phi) is 3.04. The molecule has 0 N–H and O–H groups in total. The lowest BCUT2D eigenvalue weighted by atomic mass is 9.90. The van der Waals surface area contributed by atoms with Gasteiger partial charge in [0.1, 0.15) is 0 Å². The molecule has 0 heterocycles. The number of Topliss-reactive ketones (excluding diaryl/α,β-unsaturated/α-hetero) is 1. The Balaban J connectivity index is 3.92. The van der Waals surface area contributed by atoms with Crippen LogP contribution in [-0.4, -0.2) is 18.7 Å². The molecule has 0 aliphatic carbocycles. The summed E-state index contributed by atoms with van der Waals surface area (Å²) in [5, 5.41) is 0. The van der Waals surface area contributed by atoms with E-state index >= 15 is 0 Å². The van der Waals surface area contributed by atoms with Gasteiger partial charge in [-0.25, -0.2) is 0 Å². The highest BCUT2D eigenvalue weighted by Gasteiger charge is 2.16. The van der Waals surface area contributed by atoms with Crippen molar-refractivity contribution >= 4 is 18.7 Å². The summed E-state index contributed by atoms with van der Waals surface area (Å²) in [4.78, 5) is 10.9. The molecule has 0 saturated heterocycles. The molecule has 0 radical (unpaired) electrons. The van der Waals surface area contributed by atoms with Crippen molar-refractivity contribution in [1.29, 1.82) is 0 Å². The summed E-state index contributed by atoms with van der Waals surface area (Å²) in [7, 11) is 0. The highest BCUT2D eigenvalue weighted by atomic mass is 16.1. The summed E-state index contributed by atoms with van der Waals surface area (Å²) in [5.41, 5.74) is 0.0538. The Hall–Kier alpha value is -0.880. The van der Waals surface area contributed by atoms with E-state index in [4.69, 9.17) is 0 Å². The quantitative estimate of drug-likeness (QED) is 0.413. The first kappa shape index (κ1) is 9.12. The second-order valence-corrected chi connectivity index (χ2v) is 3.52. The maximum absolute atomic E-state index is 10.9. The van der Waals surface area contributed by atoms with E-state index in [1.54, 1.807) is 0 Å². The summed E-state index contributed by atoms with van der Waals surface area (Å²) in [6.45, 7) is 9.25. The molecule has 10 heavy (non-hydrogen) atoms. The number of hydrogen-bond donors (Lipinski definition) is 0. The number of nitrogens with zero attached hydrogens (tertiary/aromatic N) is 1. The van der Waals surface area contributed by atoms with Crippen LogP contribution in [0.4, 0.5) is 0 Å². The normalized spacial score (nSPS) is 10.3. The average molecular weight is 140 g/mol. The van der Waals surface area contributed by atoms with Crippen molar-refractivity contribution in [3.05, 3.63) is 0 Å². The first-order valence-corrected chi connectivity index (χ1v) is 3.27. The van der Waals surface area contributed by atoms with Crippen molar-refractivity contribution in [3.63, 3.8) is 0 Å². The molecular formula is C8H14NO+. The van der Waals surface area contributed by atoms with E-state index in [1.165, 1.54) is 6.21 Å². The van der Waals surface area contributed by atoms with Crippen LogP contribution in [0.2, 0.25) is 0 Å². The number of carbonyl (C=O) groups is 1. The third kappa shape index (κ3) is 5.26. The van der Waals surface area contributed by atoms with Gasteiger partial charge in [0.05, 0.1) is 0 Å². The molecule has 0 rings (SSSR count). The largest absolute Gasteiger partial charge is 0.334 e. The molecule has 0 aliphatic heterocycles. The van der Waals surface area contributed by atoms with Crippen molar-refractivity contribution in [2.45, 2.75) is 27.2 Å². The van der Waals surface area contributed by atoms with E-state index < -0.39 is 0 Å². The van der Waals surface area contributed by atoms with Gasteiger partial charge in [-0.1, -0.05) is 20.8 Å². The summed E-state index contributed by atoms with van der Waals surface area (Å²) < 4.78 is 3.40. The van der Waals surface area contributed by atoms with Crippen LogP contribution < -0.4 is 4.67 Å². The fraction of sp³-hybridized carbons (Fsp3) is 0.625. The van der Waals surface area contributed by atoms with E-state index in [2.05, 4.69) is 11.4 Å². The standard InChI is InChI=1S/C8H14NO/c1-8(2,3)5-7(10)6-9-4/h6H,4-5H2,1-3H3/q+1. The SMILES string of the molecule is C=[N+]=CC(=O)CC(C)(C)C. The Labute approximate surface area is 61.7 Å². The van der Waals surface area contributed by atoms with Gasteiger partial charge in [0.15, 0.2) is 0 Å². The van der Waals surface area contributed by atoms with Crippen molar-refractivity contribution in [2.24, 2.45) is 5.41 Å². The average Bonchev–Trinajstić information content (AvgIpc) is 1.59. The lowest BCUT2D eigenvalue weighted by Crippen LogP contribution is -2.14. The minimum Gasteiger partial charge on any atom is -0.287 e. The molecule has 0 atom stereocenters. The summed E-state index contributed by atoms with van der Waals surface area (Å²) in [5.74, 6) is 0.0440. The van der Waals surface area contributed by atoms with Crippen LogP contribution >= 0.6 is 0 Å². The molecule has 56 valence electrons. The highest BCUT2D eigenvalue weighted by Crippen LogP contribution is 2.17. The van der Waals surface area contributed by atoms with Crippen molar-refractivity contribution in [2.75, 3.05) is 0 Å². The predicted octanol–water partition coefficient (Wildman–Crippen LogP) is 0.830. The van der Waals surface area contributed by atoms with E-state index in [0.29, 0.717) is 6.42 Å². The van der Waals surface area contributed by atoms with Crippen molar-refractivity contribution < 1.29 is 4.79 Å². The van der Waals surface area contributed by atoms with Crippen LogP contribution in [0, 0.1) is 5.41 Å². The van der Waals surface area contributed by atoms with Gasteiger partial charge in [0.2, 0.25) is 5.78 Å². The Morgan fingerprint density at radius 3 is 2.40 bits per heavy atom. The molecule has 0 bridgehead atoms. The first-order valence-electron chi connectivity index (χ1n) is 3.27. The fourth-order valence-corrected chi connectivity index (χ4v) is 0.670. The molecule has 0 aromatic rings. The van der Waals surface area contributed by atoms with Gasteiger partial charge in [0.25, 0.3) is 6.72 Å². The molecule has 2 nitrogen and oxygen atoms in total. The third-order valence-corrected chi connectivity index (χ3v) is 0.940. The minimum atomic E-state index is 0.0440. The predicted molar refractivity (Wildman–Crippen MR) is 44.4 cm³/mol. The minimum absolute atomic E-state index is 0.0440. The lowest BCUT2D eigenvalue weighted by molar-refractivity contribution is -0.114. The summed E-state index contributed by atoms with van der Waals surface area (Å²) in [6.07, 6.45) is 1.80. The van der Waals surface area contributed by atoms with E-state index in [1.807, 2.05) is 20.8 Å². The fourth-order valence-electron chi connectivity index (χ4n) is 0.670. The van der Waals surface area contributed by atoms with Gasteiger partial charge >= 0.3 is 6.21 Å². The molecule has 2 heteroatoms. The van der Waals surface area contributed by atoms with Gasteiger partial charge < -0.3 is 0 Å². The molecule has 0 amide bonds. The molecule has 0 aromatic carbocycles. The topological polar surface area (TPSA) is 31.2 Å². The smallest absolute Gasteiger partial charge is 0.287 e. The van der Waals surface area contributed by atoms with Crippen molar-refractivity contribution in [1.82, 2.24) is 4.67 Å². The highest BCUT2D eigenvalue weighted by molar-refractivity contribution is 6.27. The van der Waals surface area contributed by atoms with Crippen LogP contribution in [0.5, 0.6) is 0 Å². The molecule has 0 unspecified atom stereocenters. The summed E-state index contributed by atoms with van der Waals surface area (Å²) >= 11 is 0. The molecule has 0 aromatic heterocycles. The molecule has 0 aliphatic rings. The Morgan fingerprint density at radius 1 is 1.60 bits per heavy atom. The lowest BCUT2D eigenvalue weighted by Gasteiger charge is -2.13. The van der Waals surface area contributed by atoms with Gasteiger partial charge in [-0.05, 0) is 5.41 Å². The number of carbonyl (C=O) groups excluding carboxylic acids is 1. The van der Waals surface area contributed by atoms with Crippen LogP contribution in [0.25, 0.3) is 0 Å². The first-order chi connectivity index (χ1) is 4.45. The Bertz CT molecular complexity index is 170. The molecule has 0 fully saturated rings. The third-order valence-electron chi connectivity index (χ3n) is 0.940. The summed E-state index contributed by atoms with van der Waals surface area (Å²) in [6, 6.07) is 0. The maximum atomic E-state index is 10.9. The van der Waals surface area contributed by atoms with E-state index in [-0.39, 0.29) is 11.2 Å². The molecular weight excluding hydrogens is 126 g/mol. The number of rotatable bonds is 2. The van der Waals surface area contributed by atoms with Crippen LogP contribution in [0.1, 0.15) is 27.2 Å². The van der Waals surface area contributed by atoms with Gasteiger partial charge in [-0.2, -0.15) is 0 Å².